The molecule has 1 unspecified atom stereocenters. The number of carbonyl (C=O) groups excluding carboxylic acids is 1. The van der Waals surface area contributed by atoms with Gasteiger partial charge in [-0.25, -0.2) is 0 Å². The summed E-state index contributed by atoms with van der Waals surface area (Å²) in [5.41, 5.74) is 1.89. The highest BCUT2D eigenvalue weighted by Crippen LogP contribution is 2.32. The number of hydrogen-bond donors (Lipinski definition) is 0. The molecule has 0 N–H and O–H groups in total. The fraction of sp³-hybridized carbons (Fsp3) is 0.471. The number of carbonyl (C=O) groups is 1. The van der Waals surface area contributed by atoms with Gasteiger partial charge in [-0.2, -0.15) is 0 Å². The van der Waals surface area contributed by atoms with Gasteiger partial charge in [0.25, 0.3) is 0 Å². The number of likely N-dealkylation sites (tertiary alicyclic amines) is 1. The number of rotatable bonds is 5. The van der Waals surface area contributed by atoms with Gasteiger partial charge in [-0.1, -0.05) is 11.3 Å². The predicted molar refractivity (Wildman–Crippen MR) is 87.9 cm³/mol. The molecule has 128 valence electrons. The van der Waals surface area contributed by atoms with Crippen molar-refractivity contribution in [3.05, 3.63) is 35.7 Å². The summed E-state index contributed by atoms with van der Waals surface area (Å²) in [6.45, 7) is 1.39. The second kappa shape index (κ2) is 7.00. The van der Waals surface area contributed by atoms with Gasteiger partial charge in [-0.05, 0) is 6.07 Å². The van der Waals surface area contributed by atoms with Crippen LogP contribution in [0.5, 0.6) is 11.5 Å². The van der Waals surface area contributed by atoms with Gasteiger partial charge in [0.15, 0.2) is 0 Å². The van der Waals surface area contributed by atoms with Crippen LogP contribution in [0.1, 0.15) is 30.1 Å². The second-order valence-electron chi connectivity index (χ2n) is 5.97. The first kappa shape index (κ1) is 16.4. The third-order valence-electron chi connectivity index (χ3n) is 4.37. The third kappa shape index (κ3) is 3.41. The number of Topliss-reactive ketones (excluding diaryl/α,β-unsaturated/α-hetero) is 1. The molecule has 0 radical (unpaired) electrons. The van der Waals surface area contributed by atoms with Crippen LogP contribution in [0.4, 0.5) is 0 Å². The molecule has 2 aromatic rings. The van der Waals surface area contributed by atoms with Crippen LogP contribution in [0.3, 0.4) is 0 Å². The van der Waals surface area contributed by atoms with E-state index in [1.807, 2.05) is 31.4 Å². The molecule has 7 heteroatoms. The molecule has 1 aliphatic rings. The molecule has 1 aliphatic heterocycles. The van der Waals surface area contributed by atoms with Crippen molar-refractivity contribution in [3.8, 4) is 11.5 Å². The summed E-state index contributed by atoms with van der Waals surface area (Å²) in [6.07, 6.45) is 2.91. The van der Waals surface area contributed by atoms with E-state index in [-0.39, 0.29) is 11.8 Å². The first-order valence-corrected chi connectivity index (χ1v) is 7.93. The summed E-state index contributed by atoms with van der Waals surface area (Å²) in [6, 6.07) is 5.75. The molecule has 1 fully saturated rings. The molecule has 24 heavy (non-hydrogen) atoms. The summed E-state index contributed by atoms with van der Waals surface area (Å²) in [7, 11) is 5.12. The second-order valence-corrected chi connectivity index (χ2v) is 5.97. The standard InChI is InChI=1S/C17H22N4O3/c1-20-11-15(18-19-20)16-8-13(22)6-7-21(16)10-12-4-5-14(23-2)9-17(12)24-3/h4-5,9,11,16H,6-8,10H2,1-3H3. The van der Waals surface area contributed by atoms with Crippen molar-refractivity contribution >= 4 is 5.78 Å². The average Bonchev–Trinajstić information content (AvgIpc) is 3.03. The number of ketones is 1. The number of ether oxygens (including phenoxy) is 2. The van der Waals surface area contributed by atoms with Crippen molar-refractivity contribution in [1.29, 1.82) is 0 Å². The van der Waals surface area contributed by atoms with Crippen LogP contribution in [-0.2, 0) is 18.4 Å². The molecule has 3 rings (SSSR count). The topological polar surface area (TPSA) is 69.5 Å². The number of benzene rings is 1. The molecule has 2 heterocycles. The SMILES string of the molecule is COc1ccc(CN2CCC(=O)CC2c2cn(C)nn2)c(OC)c1. The zero-order valence-electron chi connectivity index (χ0n) is 14.2. The van der Waals surface area contributed by atoms with E-state index < -0.39 is 0 Å². The maximum absolute atomic E-state index is 11.9. The van der Waals surface area contributed by atoms with Crippen molar-refractivity contribution in [3.63, 3.8) is 0 Å². The first-order valence-electron chi connectivity index (χ1n) is 7.93. The average molecular weight is 330 g/mol. The lowest BCUT2D eigenvalue weighted by molar-refractivity contribution is -0.123. The Labute approximate surface area is 141 Å². The zero-order valence-corrected chi connectivity index (χ0v) is 14.2. The van der Waals surface area contributed by atoms with E-state index in [1.165, 1.54) is 0 Å². The summed E-state index contributed by atoms with van der Waals surface area (Å²) < 4.78 is 12.4. The summed E-state index contributed by atoms with van der Waals surface area (Å²) >= 11 is 0. The van der Waals surface area contributed by atoms with Crippen molar-refractivity contribution in [2.75, 3.05) is 20.8 Å². The van der Waals surface area contributed by atoms with E-state index in [0.717, 1.165) is 22.8 Å². The number of nitrogens with zero attached hydrogens (tertiary/aromatic N) is 4. The van der Waals surface area contributed by atoms with Crippen molar-refractivity contribution in [2.45, 2.75) is 25.4 Å². The zero-order chi connectivity index (χ0) is 17.1. The Kier molecular flexibility index (Phi) is 4.80. The molecule has 1 aromatic carbocycles. The smallest absolute Gasteiger partial charge is 0.136 e. The molecule has 1 aromatic heterocycles. The van der Waals surface area contributed by atoms with Crippen LogP contribution in [0.25, 0.3) is 0 Å². The summed E-state index contributed by atoms with van der Waals surface area (Å²) in [4.78, 5) is 14.2. The fourth-order valence-electron chi connectivity index (χ4n) is 3.07. The number of piperidine rings is 1. The van der Waals surface area contributed by atoms with E-state index in [1.54, 1.807) is 18.9 Å². The maximum Gasteiger partial charge on any atom is 0.136 e. The Morgan fingerprint density at radius 1 is 1.29 bits per heavy atom. The molecule has 0 bridgehead atoms. The van der Waals surface area contributed by atoms with E-state index in [4.69, 9.17) is 9.47 Å². The van der Waals surface area contributed by atoms with Gasteiger partial charge in [0.2, 0.25) is 0 Å². The number of aryl methyl sites for hydroxylation is 1. The normalized spacial score (nSPS) is 18.6. The Morgan fingerprint density at radius 3 is 2.79 bits per heavy atom. The fourth-order valence-corrected chi connectivity index (χ4v) is 3.07. The van der Waals surface area contributed by atoms with Crippen LogP contribution in [0.15, 0.2) is 24.4 Å². The molecular formula is C17H22N4O3. The lowest BCUT2D eigenvalue weighted by atomic mass is 9.97. The van der Waals surface area contributed by atoms with Crippen LogP contribution in [-0.4, -0.2) is 46.4 Å². The van der Waals surface area contributed by atoms with Gasteiger partial charge in [-0.3, -0.25) is 14.4 Å². The molecular weight excluding hydrogens is 308 g/mol. The van der Waals surface area contributed by atoms with Gasteiger partial charge in [-0.15, -0.1) is 5.10 Å². The molecule has 0 saturated carbocycles. The summed E-state index contributed by atoms with van der Waals surface area (Å²) in [5, 5.41) is 8.21. The lowest BCUT2D eigenvalue weighted by Gasteiger charge is -2.34. The number of aromatic nitrogens is 3. The van der Waals surface area contributed by atoms with Gasteiger partial charge in [0.1, 0.15) is 23.0 Å². The monoisotopic (exact) mass is 330 g/mol. The number of methoxy groups -OCH3 is 2. The van der Waals surface area contributed by atoms with Gasteiger partial charge in [0.05, 0.1) is 20.3 Å². The number of hydrogen-bond acceptors (Lipinski definition) is 6. The quantitative estimate of drug-likeness (QED) is 0.832. The van der Waals surface area contributed by atoms with E-state index in [0.29, 0.717) is 25.9 Å². The summed E-state index contributed by atoms with van der Waals surface area (Å²) in [5.74, 6) is 1.81. The van der Waals surface area contributed by atoms with Crippen molar-refractivity contribution < 1.29 is 14.3 Å². The minimum atomic E-state index is -0.0493. The lowest BCUT2D eigenvalue weighted by Crippen LogP contribution is -2.36. The van der Waals surface area contributed by atoms with Crippen LogP contribution >= 0.6 is 0 Å². The van der Waals surface area contributed by atoms with Gasteiger partial charge in [0, 0.05) is 50.8 Å². The highest BCUT2D eigenvalue weighted by atomic mass is 16.5. The van der Waals surface area contributed by atoms with E-state index in [9.17, 15) is 4.79 Å². The van der Waals surface area contributed by atoms with Crippen LogP contribution in [0, 0.1) is 0 Å². The van der Waals surface area contributed by atoms with Crippen LogP contribution < -0.4 is 9.47 Å². The Hall–Kier alpha value is -2.41. The van der Waals surface area contributed by atoms with Crippen molar-refractivity contribution in [2.24, 2.45) is 7.05 Å². The highest BCUT2D eigenvalue weighted by molar-refractivity contribution is 5.80. The first-order chi connectivity index (χ1) is 11.6. The Morgan fingerprint density at radius 2 is 2.12 bits per heavy atom. The minimum Gasteiger partial charge on any atom is -0.497 e. The minimum absolute atomic E-state index is 0.0493. The van der Waals surface area contributed by atoms with Gasteiger partial charge < -0.3 is 9.47 Å². The molecule has 0 amide bonds. The molecule has 1 saturated heterocycles. The largest absolute Gasteiger partial charge is 0.497 e. The van der Waals surface area contributed by atoms with Crippen molar-refractivity contribution in [1.82, 2.24) is 19.9 Å². The Balaban J connectivity index is 1.85. The maximum atomic E-state index is 11.9. The molecule has 0 spiro atoms. The van der Waals surface area contributed by atoms with Crippen LogP contribution in [0.2, 0.25) is 0 Å². The third-order valence-corrected chi connectivity index (χ3v) is 4.37. The van der Waals surface area contributed by atoms with E-state index >= 15 is 0 Å². The predicted octanol–water partition coefficient (Wildman–Crippen LogP) is 1.74. The highest BCUT2D eigenvalue weighted by Gasteiger charge is 2.30. The molecule has 0 aliphatic carbocycles. The van der Waals surface area contributed by atoms with Gasteiger partial charge >= 0.3 is 0 Å². The molecule has 1 atom stereocenters. The van der Waals surface area contributed by atoms with E-state index in [2.05, 4.69) is 15.2 Å². The Bertz CT molecular complexity index is 728. The molecule has 7 nitrogen and oxygen atoms in total.